The number of halogens is 1. The van der Waals surface area contributed by atoms with Crippen LogP contribution in [0.4, 0.5) is 0 Å². The summed E-state index contributed by atoms with van der Waals surface area (Å²) in [5, 5.41) is 6.68. The summed E-state index contributed by atoms with van der Waals surface area (Å²) < 4.78 is 22.2. The predicted molar refractivity (Wildman–Crippen MR) is 139 cm³/mol. The van der Waals surface area contributed by atoms with Crippen LogP contribution in [0.3, 0.4) is 0 Å². The van der Waals surface area contributed by atoms with E-state index in [1.165, 1.54) is 0 Å². The van der Waals surface area contributed by atoms with Gasteiger partial charge >= 0.3 is 0 Å². The Morgan fingerprint density at radius 1 is 1.03 bits per heavy atom. The van der Waals surface area contributed by atoms with Crippen LogP contribution in [-0.2, 0) is 17.8 Å². The molecule has 0 aromatic heterocycles. The Labute approximate surface area is 212 Å². The largest absolute Gasteiger partial charge is 0.492 e. The second-order valence-corrected chi connectivity index (χ2v) is 7.69. The monoisotopic (exact) mass is 568 g/mol. The van der Waals surface area contributed by atoms with Crippen molar-refractivity contribution in [3.8, 4) is 17.2 Å². The smallest absolute Gasteiger partial charge is 0.231 e. The van der Waals surface area contributed by atoms with Crippen molar-refractivity contribution >= 4 is 29.9 Å². The third kappa shape index (κ3) is 7.94. The molecule has 1 saturated heterocycles. The number of benzene rings is 2. The number of rotatable bonds is 9. The number of hydrogen-bond acceptors (Lipinski definition) is 6. The molecule has 0 bridgehead atoms. The third-order valence-electron chi connectivity index (χ3n) is 5.34. The topological polar surface area (TPSA) is 76.6 Å². The zero-order valence-electron chi connectivity index (χ0n) is 19.0. The molecule has 1 fully saturated rings. The molecule has 0 radical (unpaired) electrons. The Morgan fingerprint density at radius 3 is 2.73 bits per heavy atom. The lowest BCUT2D eigenvalue weighted by Gasteiger charge is -2.26. The number of nitrogens with zero attached hydrogens (tertiary/aromatic N) is 2. The standard InChI is InChI=1S/C24H32N4O4.HI/c1-2-25-24(27-17-20-6-7-22-23(15-20)32-18-31-22)26-16-19-4-3-5-21(14-19)30-13-10-28-8-11-29-12-9-28;/h3-7,14-15H,2,8-13,16-18H2,1H3,(H2,25,26,27);1H. The molecule has 180 valence electrons. The summed E-state index contributed by atoms with van der Waals surface area (Å²) in [5.41, 5.74) is 2.21. The van der Waals surface area contributed by atoms with E-state index in [1.807, 2.05) is 30.3 Å². The van der Waals surface area contributed by atoms with E-state index in [0.29, 0.717) is 19.7 Å². The van der Waals surface area contributed by atoms with Crippen molar-refractivity contribution in [1.82, 2.24) is 15.5 Å². The number of guanidine groups is 1. The number of ether oxygens (including phenoxy) is 4. The van der Waals surface area contributed by atoms with Crippen molar-refractivity contribution in [1.29, 1.82) is 0 Å². The minimum absolute atomic E-state index is 0. The maximum atomic E-state index is 5.96. The van der Waals surface area contributed by atoms with E-state index in [0.717, 1.165) is 73.7 Å². The molecule has 0 spiro atoms. The fourth-order valence-electron chi connectivity index (χ4n) is 3.60. The summed E-state index contributed by atoms with van der Waals surface area (Å²) in [6.07, 6.45) is 0. The fraction of sp³-hybridized carbons (Fsp3) is 0.458. The molecule has 33 heavy (non-hydrogen) atoms. The normalized spacial score (nSPS) is 15.6. The zero-order chi connectivity index (χ0) is 22.0. The molecule has 0 aliphatic carbocycles. The average molecular weight is 568 g/mol. The summed E-state index contributed by atoms with van der Waals surface area (Å²) in [6, 6.07) is 14.1. The van der Waals surface area contributed by atoms with Gasteiger partial charge in [0.1, 0.15) is 12.4 Å². The molecule has 0 atom stereocenters. The van der Waals surface area contributed by atoms with E-state index < -0.39 is 0 Å². The Morgan fingerprint density at radius 2 is 1.88 bits per heavy atom. The number of aliphatic imine (C=N–C) groups is 1. The molecule has 2 aliphatic rings. The molecule has 2 aromatic carbocycles. The van der Waals surface area contributed by atoms with Gasteiger partial charge in [-0.2, -0.15) is 0 Å². The molecule has 0 unspecified atom stereocenters. The van der Waals surface area contributed by atoms with Gasteiger partial charge in [0.25, 0.3) is 0 Å². The quantitative estimate of drug-likeness (QED) is 0.274. The molecule has 9 heteroatoms. The summed E-state index contributed by atoms with van der Waals surface area (Å²) in [6.45, 7) is 9.51. The minimum atomic E-state index is 0. The molecule has 2 aromatic rings. The Kier molecular flexibility index (Phi) is 10.4. The number of fused-ring (bicyclic) bond motifs is 1. The van der Waals surface area contributed by atoms with E-state index in [1.54, 1.807) is 0 Å². The first-order valence-electron chi connectivity index (χ1n) is 11.2. The molecule has 0 amide bonds. The van der Waals surface area contributed by atoms with Gasteiger partial charge in [0.15, 0.2) is 17.5 Å². The average Bonchev–Trinajstić information content (AvgIpc) is 3.30. The Balaban J connectivity index is 0.00000306. The number of hydrogen-bond donors (Lipinski definition) is 2. The second-order valence-electron chi connectivity index (χ2n) is 7.69. The summed E-state index contributed by atoms with van der Waals surface area (Å²) in [4.78, 5) is 7.09. The molecular weight excluding hydrogens is 535 g/mol. The molecule has 4 rings (SSSR count). The van der Waals surface area contributed by atoms with Crippen LogP contribution in [0.15, 0.2) is 47.5 Å². The van der Waals surface area contributed by atoms with Crippen molar-refractivity contribution in [2.24, 2.45) is 4.99 Å². The van der Waals surface area contributed by atoms with Crippen molar-refractivity contribution in [3.05, 3.63) is 53.6 Å². The highest BCUT2D eigenvalue weighted by molar-refractivity contribution is 14.0. The van der Waals surface area contributed by atoms with Crippen LogP contribution in [0.1, 0.15) is 18.1 Å². The van der Waals surface area contributed by atoms with E-state index in [4.69, 9.17) is 23.9 Å². The van der Waals surface area contributed by atoms with Gasteiger partial charge in [-0.05, 0) is 42.3 Å². The van der Waals surface area contributed by atoms with Crippen LogP contribution >= 0.6 is 24.0 Å². The first-order valence-corrected chi connectivity index (χ1v) is 11.2. The number of nitrogens with one attached hydrogen (secondary N) is 2. The van der Waals surface area contributed by atoms with Crippen molar-refractivity contribution < 1.29 is 18.9 Å². The van der Waals surface area contributed by atoms with Gasteiger partial charge in [0, 0.05) is 32.7 Å². The lowest BCUT2D eigenvalue weighted by molar-refractivity contribution is 0.0322. The van der Waals surface area contributed by atoms with Crippen molar-refractivity contribution in [3.63, 3.8) is 0 Å². The maximum Gasteiger partial charge on any atom is 0.231 e. The molecule has 2 aliphatic heterocycles. The van der Waals surface area contributed by atoms with Crippen molar-refractivity contribution in [2.75, 3.05) is 52.8 Å². The molecule has 2 N–H and O–H groups in total. The van der Waals surface area contributed by atoms with E-state index >= 15 is 0 Å². The highest BCUT2D eigenvalue weighted by atomic mass is 127. The lowest BCUT2D eigenvalue weighted by atomic mass is 10.2. The molecular formula is C24H33IN4O4. The van der Waals surface area contributed by atoms with Gasteiger partial charge in [-0.3, -0.25) is 4.90 Å². The Hall–Kier alpha value is -2.24. The van der Waals surface area contributed by atoms with Gasteiger partial charge in [-0.25, -0.2) is 4.99 Å². The van der Waals surface area contributed by atoms with Crippen molar-refractivity contribution in [2.45, 2.75) is 20.0 Å². The third-order valence-corrected chi connectivity index (χ3v) is 5.34. The van der Waals surface area contributed by atoms with Gasteiger partial charge in [-0.15, -0.1) is 24.0 Å². The maximum absolute atomic E-state index is 5.96. The zero-order valence-corrected chi connectivity index (χ0v) is 21.4. The van der Waals surface area contributed by atoms with Crippen LogP contribution in [0, 0.1) is 0 Å². The highest BCUT2D eigenvalue weighted by Gasteiger charge is 2.13. The van der Waals surface area contributed by atoms with Gasteiger partial charge in [0.2, 0.25) is 6.79 Å². The summed E-state index contributed by atoms with van der Waals surface area (Å²) in [5.74, 6) is 3.23. The SMILES string of the molecule is CCNC(=NCc1cccc(OCCN2CCOCC2)c1)NCc1ccc2c(c1)OCO2.I. The first kappa shape index (κ1) is 25.4. The Bertz CT molecular complexity index is 906. The highest BCUT2D eigenvalue weighted by Crippen LogP contribution is 2.32. The van der Waals surface area contributed by atoms with Crippen LogP contribution in [0.2, 0.25) is 0 Å². The van der Waals surface area contributed by atoms with Crippen LogP contribution in [0.5, 0.6) is 17.2 Å². The fourth-order valence-corrected chi connectivity index (χ4v) is 3.60. The molecule has 2 heterocycles. The van der Waals surface area contributed by atoms with Crippen LogP contribution in [0.25, 0.3) is 0 Å². The van der Waals surface area contributed by atoms with E-state index in [-0.39, 0.29) is 30.8 Å². The van der Waals surface area contributed by atoms with Crippen LogP contribution < -0.4 is 24.8 Å². The van der Waals surface area contributed by atoms with Gasteiger partial charge in [-0.1, -0.05) is 18.2 Å². The first-order chi connectivity index (χ1) is 15.8. The second kappa shape index (κ2) is 13.5. The lowest BCUT2D eigenvalue weighted by Crippen LogP contribution is -2.38. The summed E-state index contributed by atoms with van der Waals surface area (Å²) in [7, 11) is 0. The van der Waals surface area contributed by atoms with Gasteiger partial charge in [0.05, 0.1) is 19.8 Å². The van der Waals surface area contributed by atoms with Crippen LogP contribution in [-0.4, -0.2) is 63.7 Å². The van der Waals surface area contributed by atoms with E-state index in [2.05, 4.69) is 34.6 Å². The van der Waals surface area contributed by atoms with E-state index in [9.17, 15) is 0 Å². The van der Waals surface area contributed by atoms with Gasteiger partial charge < -0.3 is 29.6 Å². The predicted octanol–water partition coefficient (Wildman–Crippen LogP) is 3.00. The number of morpholine rings is 1. The molecule has 8 nitrogen and oxygen atoms in total. The minimum Gasteiger partial charge on any atom is -0.492 e. The molecule has 0 saturated carbocycles. The summed E-state index contributed by atoms with van der Waals surface area (Å²) >= 11 is 0.